The smallest absolute Gasteiger partial charge is 0.126 e. The fourth-order valence-electron chi connectivity index (χ4n) is 1.54. The summed E-state index contributed by atoms with van der Waals surface area (Å²) in [6, 6.07) is 14.3. The van der Waals surface area contributed by atoms with Gasteiger partial charge in [-0.2, -0.15) is 0 Å². The van der Waals surface area contributed by atoms with Gasteiger partial charge in [0, 0.05) is 12.1 Å². The molecule has 0 aromatic heterocycles. The maximum absolute atomic E-state index is 13.4. The molecule has 1 nitrogen and oxygen atoms in total. The van der Waals surface area contributed by atoms with Crippen LogP contribution in [0.1, 0.15) is 11.1 Å². The number of hydrogen-bond acceptors (Lipinski definition) is 1. The molecule has 2 aromatic carbocycles. The maximum atomic E-state index is 13.4. The first-order chi connectivity index (χ1) is 7.27. The van der Waals surface area contributed by atoms with Crippen LogP contribution >= 0.6 is 12.4 Å². The molecule has 3 heteroatoms. The minimum Gasteiger partial charge on any atom is -0.398 e. The Morgan fingerprint density at radius 2 is 1.44 bits per heavy atom. The number of rotatable bonds is 2. The monoisotopic (exact) mass is 237 g/mol. The first-order valence-electron chi connectivity index (χ1n) is 4.84. The van der Waals surface area contributed by atoms with Crippen LogP contribution in [0.3, 0.4) is 0 Å². The van der Waals surface area contributed by atoms with Crippen molar-refractivity contribution in [3.05, 3.63) is 65.5 Å². The molecule has 0 unspecified atom stereocenters. The van der Waals surface area contributed by atoms with E-state index in [1.54, 1.807) is 12.1 Å². The van der Waals surface area contributed by atoms with E-state index in [1.165, 1.54) is 6.07 Å². The van der Waals surface area contributed by atoms with E-state index in [2.05, 4.69) is 0 Å². The van der Waals surface area contributed by atoms with Gasteiger partial charge in [-0.15, -0.1) is 12.4 Å². The van der Waals surface area contributed by atoms with E-state index < -0.39 is 0 Å². The quantitative estimate of drug-likeness (QED) is 0.796. The number of benzene rings is 2. The number of hydrogen-bond donors (Lipinski definition) is 1. The van der Waals surface area contributed by atoms with E-state index in [9.17, 15) is 4.39 Å². The van der Waals surface area contributed by atoms with E-state index in [1.807, 2.05) is 30.3 Å². The van der Waals surface area contributed by atoms with Gasteiger partial charge in [-0.25, -0.2) is 4.39 Å². The molecule has 0 atom stereocenters. The van der Waals surface area contributed by atoms with Crippen molar-refractivity contribution in [3.63, 3.8) is 0 Å². The third-order valence-electron chi connectivity index (χ3n) is 2.39. The largest absolute Gasteiger partial charge is 0.398 e. The van der Waals surface area contributed by atoms with Crippen molar-refractivity contribution in [2.45, 2.75) is 6.42 Å². The molecular weight excluding hydrogens is 225 g/mol. The molecule has 2 aromatic rings. The van der Waals surface area contributed by atoms with Crippen molar-refractivity contribution in [1.29, 1.82) is 0 Å². The Bertz CT molecular complexity index is 427. The maximum Gasteiger partial charge on any atom is 0.126 e. The summed E-state index contributed by atoms with van der Waals surface area (Å²) in [5.41, 5.74) is 8.14. The second-order valence-corrected chi connectivity index (χ2v) is 3.47. The predicted octanol–water partition coefficient (Wildman–Crippen LogP) is 3.42. The molecule has 0 aliphatic heterocycles. The Labute approximate surface area is 101 Å². The molecule has 0 aliphatic rings. The first-order valence-corrected chi connectivity index (χ1v) is 4.84. The SMILES string of the molecule is Cl.Nc1ccccc1Cc1ccccc1F. The van der Waals surface area contributed by atoms with E-state index in [4.69, 9.17) is 5.73 Å². The zero-order valence-electron chi connectivity index (χ0n) is 8.69. The van der Waals surface area contributed by atoms with Gasteiger partial charge in [0.25, 0.3) is 0 Å². The van der Waals surface area contributed by atoms with Crippen LogP contribution in [0.4, 0.5) is 10.1 Å². The predicted molar refractivity (Wildman–Crippen MR) is 67.3 cm³/mol. The van der Waals surface area contributed by atoms with E-state index in [0.717, 1.165) is 5.56 Å². The summed E-state index contributed by atoms with van der Waals surface area (Å²) in [6.45, 7) is 0. The molecule has 84 valence electrons. The summed E-state index contributed by atoms with van der Waals surface area (Å²) in [6.07, 6.45) is 0.541. The van der Waals surface area contributed by atoms with Crippen LogP contribution in [0.2, 0.25) is 0 Å². The highest BCUT2D eigenvalue weighted by Crippen LogP contribution is 2.17. The number of anilines is 1. The lowest BCUT2D eigenvalue weighted by molar-refractivity contribution is 0.614. The van der Waals surface area contributed by atoms with Crippen LogP contribution in [0, 0.1) is 5.82 Å². The van der Waals surface area contributed by atoms with Crippen molar-refractivity contribution in [2.24, 2.45) is 0 Å². The van der Waals surface area contributed by atoms with Crippen molar-refractivity contribution < 1.29 is 4.39 Å². The third kappa shape index (κ3) is 2.74. The van der Waals surface area contributed by atoms with E-state index in [0.29, 0.717) is 17.7 Å². The van der Waals surface area contributed by atoms with Crippen LogP contribution in [0.5, 0.6) is 0 Å². The Morgan fingerprint density at radius 1 is 0.875 bits per heavy atom. The summed E-state index contributed by atoms with van der Waals surface area (Å²) < 4.78 is 13.4. The Hall–Kier alpha value is -1.54. The van der Waals surface area contributed by atoms with Gasteiger partial charge in [0.2, 0.25) is 0 Å². The standard InChI is InChI=1S/C13H12FN.ClH/c14-12-7-3-1-5-10(12)9-11-6-2-4-8-13(11)15;/h1-8H,9,15H2;1H. The Morgan fingerprint density at radius 3 is 2.06 bits per heavy atom. The molecule has 0 aliphatic carbocycles. The molecule has 0 radical (unpaired) electrons. The zero-order chi connectivity index (χ0) is 10.7. The number of nitrogen functional groups attached to an aromatic ring is 1. The van der Waals surface area contributed by atoms with Crippen LogP contribution in [-0.2, 0) is 6.42 Å². The molecule has 2 N–H and O–H groups in total. The second-order valence-electron chi connectivity index (χ2n) is 3.47. The van der Waals surface area contributed by atoms with Gasteiger partial charge in [0.1, 0.15) is 5.82 Å². The van der Waals surface area contributed by atoms with Gasteiger partial charge in [0.15, 0.2) is 0 Å². The molecule has 0 saturated carbocycles. The summed E-state index contributed by atoms with van der Waals surface area (Å²) in [5.74, 6) is -0.180. The second kappa shape index (κ2) is 5.52. The number of para-hydroxylation sites is 1. The summed E-state index contributed by atoms with van der Waals surface area (Å²) >= 11 is 0. The lowest BCUT2D eigenvalue weighted by Crippen LogP contribution is -1.97. The van der Waals surface area contributed by atoms with Gasteiger partial charge in [-0.3, -0.25) is 0 Å². The summed E-state index contributed by atoms with van der Waals surface area (Å²) in [5, 5.41) is 0. The van der Waals surface area contributed by atoms with Crippen molar-refractivity contribution in [2.75, 3.05) is 5.73 Å². The summed E-state index contributed by atoms with van der Waals surface area (Å²) in [4.78, 5) is 0. The minimum atomic E-state index is -0.180. The highest BCUT2D eigenvalue weighted by Gasteiger charge is 2.03. The molecular formula is C13H13ClFN. The van der Waals surface area contributed by atoms with Crippen LogP contribution in [0.25, 0.3) is 0 Å². The fraction of sp³-hybridized carbons (Fsp3) is 0.0769. The van der Waals surface area contributed by atoms with Gasteiger partial charge in [-0.05, 0) is 23.3 Å². The van der Waals surface area contributed by atoms with E-state index >= 15 is 0 Å². The summed E-state index contributed by atoms with van der Waals surface area (Å²) in [7, 11) is 0. The van der Waals surface area contributed by atoms with E-state index in [-0.39, 0.29) is 18.2 Å². The van der Waals surface area contributed by atoms with Gasteiger partial charge >= 0.3 is 0 Å². The van der Waals surface area contributed by atoms with Gasteiger partial charge in [-0.1, -0.05) is 36.4 Å². The average Bonchev–Trinajstić information content (AvgIpc) is 2.24. The fourth-order valence-corrected chi connectivity index (χ4v) is 1.54. The number of nitrogens with two attached hydrogens (primary N) is 1. The third-order valence-corrected chi connectivity index (χ3v) is 2.39. The molecule has 0 fully saturated rings. The van der Waals surface area contributed by atoms with Crippen molar-refractivity contribution >= 4 is 18.1 Å². The first kappa shape index (κ1) is 12.5. The highest BCUT2D eigenvalue weighted by molar-refractivity contribution is 5.85. The Kier molecular flexibility index (Phi) is 4.32. The Balaban J connectivity index is 0.00000128. The highest BCUT2D eigenvalue weighted by atomic mass is 35.5. The zero-order valence-corrected chi connectivity index (χ0v) is 9.51. The number of halogens is 2. The molecule has 0 heterocycles. The minimum absolute atomic E-state index is 0. The van der Waals surface area contributed by atoms with Gasteiger partial charge < -0.3 is 5.73 Å². The molecule has 16 heavy (non-hydrogen) atoms. The molecule has 0 saturated heterocycles. The molecule has 0 bridgehead atoms. The van der Waals surface area contributed by atoms with Crippen molar-refractivity contribution in [3.8, 4) is 0 Å². The molecule has 0 spiro atoms. The lowest BCUT2D eigenvalue weighted by Gasteiger charge is -2.05. The van der Waals surface area contributed by atoms with Crippen LogP contribution in [0.15, 0.2) is 48.5 Å². The lowest BCUT2D eigenvalue weighted by atomic mass is 10.0. The van der Waals surface area contributed by atoms with Gasteiger partial charge in [0.05, 0.1) is 0 Å². The molecule has 2 rings (SSSR count). The van der Waals surface area contributed by atoms with Crippen molar-refractivity contribution in [1.82, 2.24) is 0 Å². The van der Waals surface area contributed by atoms with Crippen LogP contribution < -0.4 is 5.73 Å². The normalized spacial score (nSPS) is 9.56. The average molecular weight is 238 g/mol. The van der Waals surface area contributed by atoms with Crippen LogP contribution in [-0.4, -0.2) is 0 Å². The topological polar surface area (TPSA) is 26.0 Å². The molecule has 0 amide bonds.